The van der Waals surface area contributed by atoms with E-state index in [0.717, 1.165) is 6.07 Å². The van der Waals surface area contributed by atoms with Gasteiger partial charge in [0, 0.05) is 17.2 Å². The Labute approximate surface area is 88.5 Å². The third-order valence-corrected chi connectivity index (χ3v) is 2.08. The Hall–Kier alpha value is -2.05. The van der Waals surface area contributed by atoms with Crippen LogP contribution in [0.3, 0.4) is 0 Å². The van der Waals surface area contributed by atoms with Crippen LogP contribution in [0.1, 0.15) is 27.9 Å². The summed E-state index contributed by atoms with van der Waals surface area (Å²) < 4.78 is 24.7. The van der Waals surface area contributed by atoms with E-state index in [1.54, 1.807) is 0 Å². The molecule has 1 aromatic rings. The number of hydrogen-bond acceptors (Lipinski definition) is 3. The van der Waals surface area contributed by atoms with E-state index < -0.39 is 34.1 Å². The number of carbonyl (C=O) groups is 1. The van der Waals surface area contributed by atoms with Crippen molar-refractivity contribution in [2.75, 3.05) is 0 Å². The lowest BCUT2D eigenvalue weighted by molar-refractivity contribution is -0.385. The maximum absolute atomic E-state index is 12.4. The Bertz CT molecular complexity index is 424. The molecule has 1 N–H and O–H groups in total. The summed E-state index contributed by atoms with van der Waals surface area (Å²) in [5, 5.41) is 19.2. The first-order chi connectivity index (χ1) is 7.34. The molecule has 0 spiro atoms. The molecule has 16 heavy (non-hydrogen) atoms. The van der Waals surface area contributed by atoms with Crippen LogP contribution in [0.2, 0.25) is 0 Å². The number of carboxylic acid groups (broad SMARTS) is 1. The molecule has 1 rings (SSSR count). The largest absolute Gasteiger partial charge is 0.478 e. The third kappa shape index (κ3) is 2.13. The molecule has 0 saturated carbocycles. The molecule has 0 atom stereocenters. The van der Waals surface area contributed by atoms with E-state index in [0.29, 0.717) is 6.07 Å². The van der Waals surface area contributed by atoms with E-state index >= 15 is 0 Å². The van der Waals surface area contributed by atoms with Gasteiger partial charge in [-0.15, -0.1) is 0 Å². The summed E-state index contributed by atoms with van der Waals surface area (Å²) in [5.74, 6) is -1.47. The topological polar surface area (TPSA) is 80.4 Å². The normalized spacial score (nSPS) is 10.5. The van der Waals surface area contributed by atoms with E-state index in [1.165, 1.54) is 6.92 Å². The quantitative estimate of drug-likeness (QED) is 0.640. The maximum atomic E-state index is 12.4. The molecule has 86 valence electrons. The lowest BCUT2D eigenvalue weighted by atomic mass is 10.0. The van der Waals surface area contributed by atoms with Gasteiger partial charge in [-0.2, -0.15) is 0 Å². The Morgan fingerprint density at radius 3 is 2.44 bits per heavy atom. The monoisotopic (exact) mass is 231 g/mol. The summed E-state index contributed by atoms with van der Waals surface area (Å²) in [6, 6.07) is 1.43. The zero-order chi connectivity index (χ0) is 12.5. The SMILES string of the molecule is Cc1c(C(=O)O)cc(C(F)F)cc1[N+](=O)[O-]. The van der Waals surface area contributed by atoms with Crippen LogP contribution in [-0.4, -0.2) is 16.0 Å². The predicted octanol–water partition coefficient (Wildman–Crippen LogP) is 2.54. The molecule has 0 saturated heterocycles. The van der Waals surface area contributed by atoms with Crippen molar-refractivity contribution < 1.29 is 23.6 Å². The highest BCUT2D eigenvalue weighted by molar-refractivity contribution is 5.91. The second-order valence-corrected chi connectivity index (χ2v) is 3.08. The van der Waals surface area contributed by atoms with Crippen LogP contribution in [0.15, 0.2) is 12.1 Å². The molecular formula is C9H7F2NO4. The maximum Gasteiger partial charge on any atom is 0.336 e. The number of nitro benzene ring substituents is 1. The first kappa shape index (κ1) is 12.0. The van der Waals surface area contributed by atoms with Crippen LogP contribution in [0, 0.1) is 17.0 Å². The van der Waals surface area contributed by atoms with Gasteiger partial charge in [0.1, 0.15) is 0 Å². The van der Waals surface area contributed by atoms with E-state index in [-0.39, 0.29) is 5.56 Å². The number of aromatic carboxylic acids is 1. The van der Waals surface area contributed by atoms with E-state index in [1.807, 2.05) is 0 Å². The molecule has 5 nitrogen and oxygen atoms in total. The van der Waals surface area contributed by atoms with Gasteiger partial charge in [0.15, 0.2) is 0 Å². The van der Waals surface area contributed by atoms with Gasteiger partial charge in [0.25, 0.3) is 12.1 Å². The first-order valence-corrected chi connectivity index (χ1v) is 4.15. The van der Waals surface area contributed by atoms with E-state index in [9.17, 15) is 23.7 Å². The van der Waals surface area contributed by atoms with Crippen LogP contribution < -0.4 is 0 Å². The summed E-state index contributed by atoms with van der Waals surface area (Å²) in [6.45, 7) is 1.21. The predicted molar refractivity (Wildman–Crippen MR) is 49.7 cm³/mol. The summed E-state index contributed by atoms with van der Waals surface area (Å²) in [6.07, 6.45) is -2.95. The fourth-order valence-corrected chi connectivity index (χ4v) is 1.26. The number of alkyl halides is 2. The van der Waals surface area contributed by atoms with Gasteiger partial charge in [-0.1, -0.05) is 0 Å². The zero-order valence-corrected chi connectivity index (χ0v) is 8.11. The van der Waals surface area contributed by atoms with Crippen LogP contribution in [0.25, 0.3) is 0 Å². The molecule has 0 bridgehead atoms. The first-order valence-electron chi connectivity index (χ1n) is 4.15. The van der Waals surface area contributed by atoms with Crippen LogP contribution in [0.5, 0.6) is 0 Å². The number of nitro groups is 1. The van der Waals surface area contributed by atoms with Crippen molar-refractivity contribution >= 4 is 11.7 Å². The van der Waals surface area contributed by atoms with Gasteiger partial charge < -0.3 is 5.11 Å². The van der Waals surface area contributed by atoms with Crippen molar-refractivity contribution in [1.82, 2.24) is 0 Å². The minimum Gasteiger partial charge on any atom is -0.478 e. The fourth-order valence-electron chi connectivity index (χ4n) is 1.26. The van der Waals surface area contributed by atoms with Crippen molar-refractivity contribution in [3.05, 3.63) is 38.9 Å². The average Bonchev–Trinajstić information content (AvgIpc) is 2.16. The summed E-state index contributed by atoms with van der Waals surface area (Å²) in [7, 11) is 0. The van der Waals surface area contributed by atoms with E-state index in [4.69, 9.17) is 5.11 Å². The molecule has 0 amide bonds. The number of halogens is 2. The van der Waals surface area contributed by atoms with Crippen LogP contribution >= 0.6 is 0 Å². The second kappa shape index (κ2) is 4.21. The highest BCUT2D eigenvalue weighted by Crippen LogP contribution is 2.29. The Balaban J connectivity index is 3.51. The highest BCUT2D eigenvalue weighted by atomic mass is 19.3. The molecule has 0 aromatic heterocycles. The molecule has 0 unspecified atom stereocenters. The zero-order valence-electron chi connectivity index (χ0n) is 8.11. The standard InChI is InChI=1S/C9H7F2NO4/c1-4-6(9(13)14)2-5(8(10)11)3-7(4)12(15)16/h2-3,8H,1H3,(H,13,14). The van der Waals surface area contributed by atoms with Crippen molar-refractivity contribution in [3.8, 4) is 0 Å². The molecule has 0 aliphatic rings. The lowest BCUT2D eigenvalue weighted by Crippen LogP contribution is -2.05. The number of nitrogens with zero attached hydrogens (tertiary/aromatic N) is 1. The van der Waals surface area contributed by atoms with Gasteiger partial charge >= 0.3 is 5.97 Å². The molecule has 0 fully saturated rings. The minimum absolute atomic E-state index is 0.137. The van der Waals surface area contributed by atoms with Gasteiger partial charge in [-0.3, -0.25) is 10.1 Å². The molecule has 0 aliphatic heterocycles. The van der Waals surface area contributed by atoms with Gasteiger partial charge in [0.2, 0.25) is 0 Å². The van der Waals surface area contributed by atoms with Gasteiger partial charge in [-0.25, -0.2) is 13.6 Å². The number of carboxylic acids is 1. The van der Waals surface area contributed by atoms with Gasteiger partial charge in [0.05, 0.1) is 10.5 Å². The second-order valence-electron chi connectivity index (χ2n) is 3.08. The smallest absolute Gasteiger partial charge is 0.336 e. The summed E-state index contributed by atoms with van der Waals surface area (Å²) in [5.41, 5.74) is -1.91. The van der Waals surface area contributed by atoms with Crippen molar-refractivity contribution in [2.45, 2.75) is 13.3 Å². The number of benzene rings is 1. The van der Waals surface area contributed by atoms with Crippen molar-refractivity contribution in [1.29, 1.82) is 0 Å². The van der Waals surface area contributed by atoms with Gasteiger partial charge in [-0.05, 0) is 13.0 Å². The fraction of sp³-hybridized carbons (Fsp3) is 0.222. The average molecular weight is 231 g/mol. The third-order valence-electron chi connectivity index (χ3n) is 2.08. The van der Waals surface area contributed by atoms with Crippen LogP contribution in [0.4, 0.5) is 14.5 Å². The Kier molecular flexibility index (Phi) is 3.17. The highest BCUT2D eigenvalue weighted by Gasteiger charge is 2.22. The molecule has 7 heteroatoms. The number of hydrogen-bond donors (Lipinski definition) is 1. The number of rotatable bonds is 3. The van der Waals surface area contributed by atoms with Crippen molar-refractivity contribution in [3.63, 3.8) is 0 Å². The minimum atomic E-state index is -2.95. The van der Waals surface area contributed by atoms with E-state index in [2.05, 4.69) is 0 Å². The molecule has 1 aromatic carbocycles. The summed E-state index contributed by atoms with van der Waals surface area (Å²) in [4.78, 5) is 20.4. The Morgan fingerprint density at radius 2 is 2.06 bits per heavy atom. The lowest BCUT2D eigenvalue weighted by Gasteiger charge is -2.05. The molecule has 0 aliphatic carbocycles. The Morgan fingerprint density at radius 1 is 1.50 bits per heavy atom. The van der Waals surface area contributed by atoms with Crippen molar-refractivity contribution in [2.24, 2.45) is 0 Å². The molecule has 0 heterocycles. The summed E-state index contributed by atoms with van der Waals surface area (Å²) >= 11 is 0. The molecular weight excluding hydrogens is 224 g/mol. The van der Waals surface area contributed by atoms with Crippen LogP contribution in [-0.2, 0) is 0 Å². The molecule has 0 radical (unpaired) electrons.